The Morgan fingerprint density at radius 3 is 2.65 bits per heavy atom. The monoisotopic (exact) mass is 255 g/mol. The first-order valence-electron chi connectivity index (χ1n) is 5.77. The maximum absolute atomic E-state index is 11.8. The summed E-state index contributed by atoms with van der Waals surface area (Å²) in [6, 6.07) is 6.99. The van der Waals surface area contributed by atoms with Gasteiger partial charge in [-0.25, -0.2) is 8.42 Å². The molecule has 4 nitrogen and oxygen atoms in total. The van der Waals surface area contributed by atoms with E-state index in [9.17, 15) is 13.5 Å². The number of hydrogen-bond acceptors (Lipinski definition) is 4. The average molecular weight is 255 g/mol. The molecule has 0 aliphatic carbocycles. The van der Waals surface area contributed by atoms with E-state index in [4.69, 9.17) is 0 Å². The largest absolute Gasteiger partial charge is 0.508 e. The van der Waals surface area contributed by atoms with Crippen molar-refractivity contribution in [3.05, 3.63) is 29.8 Å². The SMILES string of the molecule is O=S(=O)(CCc1ccccc1O)CC1CCN1. The molecular weight excluding hydrogens is 238 g/mol. The molecule has 1 aromatic carbocycles. The minimum absolute atomic E-state index is 0.1000. The zero-order valence-corrected chi connectivity index (χ0v) is 10.4. The number of aromatic hydroxyl groups is 1. The number of aryl methyl sites for hydroxylation is 1. The minimum Gasteiger partial charge on any atom is -0.508 e. The van der Waals surface area contributed by atoms with E-state index in [1.54, 1.807) is 24.3 Å². The smallest absolute Gasteiger partial charge is 0.152 e. The predicted molar refractivity (Wildman–Crippen MR) is 66.9 cm³/mol. The van der Waals surface area contributed by atoms with Crippen molar-refractivity contribution in [1.29, 1.82) is 0 Å². The lowest BCUT2D eigenvalue weighted by atomic mass is 10.1. The fourth-order valence-corrected chi connectivity index (χ4v) is 3.46. The van der Waals surface area contributed by atoms with Crippen molar-refractivity contribution in [2.24, 2.45) is 0 Å². The van der Waals surface area contributed by atoms with Crippen molar-refractivity contribution >= 4 is 9.84 Å². The summed E-state index contributed by atoms with van der Waals surface area (Å²) in [5, 5.41) is 12.6. The molecule has 0 amide bonds. The zero-order valence-electron chi connectivity index (χ0n) is 9.59. The molecule has 0 radical (unpaired) electrons. The fourth-order valence-electron chi connectivity index (χ4n) is 1.87. The van der Waals surface area contributed by atoms with Crippen molar-refractivity contribution in [2.45, 2.75) is 18.9 Å². The number of hydrogen-bond donors (Lipinski definition) is 2. The normalized spacial score (nSPS) is 19.9. The van der Waals surface area contributed by atoms with Gasteiger partial charge in [0.2, 0.25) is 0 Å². The van der Waals surface area contributed by atoms with Gasteiger partial charge in [-0.3, -0.25) is 0 Å². The second kappa shape index (κ2) is 5.06. The molecule has 17 heavy (non-hydrogen) atoms. The van der Waals surface area contributed by atoms with Gasteiger partial charge in [-0.15, -0.1) is 0 Å². The van der Waals surface area contributed by atoms with Crippen LogP contribution in [0.5, 0.6) is 5.75 Å². The molecule has 0 bridgehead atoms. The first-order chi connectivity index (χ1) is 8.07. The van der Waals surface area contributed by atoms with Gasteiger partial charge in [0.25, 0.3) is 0 Å². The van der Waals surface area contributed by atoms with Gasteiger partial charge in [0.05, 0.1) is 11.5 Å². The number of rotatable bonds is 5. The number of phenolic OH excluding ortho intramolecular Hbond substituents is 1. The Morgan fingerprint density at radius 1 is 1.35 bits per heavy atom. The van der Waals surface area contributed by atoms with Crippen molar-refractivity contribution in [3.8, 4) is 5.75 Å². The van der Waals surface area contributed by atoms with Crippen molar-refractivity contribution in [2.75, 3.05) is 18.1 Å². The summed E-state index contributed by atoms with van der Waals surface area (Å²) in [6.45, 7) is 0.916. The quantitative estimate of drug-likeness (QED) is 0.813. The van der Waals surface area contributed by atoms with Crippen LogP contribution in [0.1, 0.15) is 12.0 Å². The third-order valence-corrected chi connectivity index (χ3v) is 4.79. The van der Waals surface area contributed by atoms with Crippen LogP contribution in [0.3, 0.4) is 0 Å². The molecule has 1 saturated heterocycles. The van der Waals surface area contributed by atoms with Crippen LogP contribution in [0.25, 0.3) is 0 Å². The summed E-state index contributed by atoms with van der Waals surface area (Å²) >= 11 is 0. The second-order valence-electron chi connectivity index (χ2n) is 4.43. The lowest BCUT2D eigenvalue weighted by Gasteiger charge is -2.27. The first kappa shape index (κ1) is 12.4. The molecule has 0 saturated carbocycles. The van der Waals surface area contributed by atoms with E-state index in [2.05, 4.69) is 5.32 Å². The number of phenols is 1. The molecular formula is C12H17NO3S. The minimum atomic E-state index is -3.03. The van der Waals surface area contributed by atoms with Crippen LogP contribution >= 0.6 is 0 Å². The van der Waals surface area contributed by atoms with Crippen LogP contribution in [0.2, 0.25) is 0 Å². The molecule has 2 N–H and O–H groups in total. The molecule has 1 aromatic rings. The van der Waals surface area contributed by atoms with Gasteiger partial charge in [-0.05, 0) is 31.0 Å². The third kappa shape index (κ3) is 3.44. The second-order valence-corrected chi connectivity index (χ2v) is 6.66. The van der Waals surface area contributed by atoms with E-state index in [1.807, 2.05) is 0 Å². The highest BCUT2D eigenvalue weighted by molar-refractivity contribution is 7.91. The Bertz CT molecular complexity index is 480. The number of para-hydroxylation sites is 1. The molecule has 1 atom stereocenters. The summed E-state index contributed by atoms with van der Waals surface area (Å²) in [5.41, 5.74) is 0.692. The summed E-state index contributed by atoms with van der Waals surface area (Å²) in [6.07, 6.45) is 1.32. The number of nitrogens with one attached hydrogen (secondary N) is 1. The molecule has 0 aromatic heterocycles. The summed E-state index contributed by atoms with van der Waals surface area (Å²) in [5.74, 6) is 0.480. The van der Waals surface area contributed by atoms with E-state index in [1.165, 1.54) is 0 Å². The predicted octanol–water partition coefficient (Wildman–Crippen LogP) is 0.711. The first-order valence-corrected chi connectivity index (χ1v) is 7.60. The van der Waals surface area contributed by atoms with Crippen molar-refractivity contribution < 1.29 is 13.5 Å². The summed E-state index contributed by atoms with van der Waals surface area (Å²) < 4.78 is 23.6. The lowest BCUT2D eigenvalue weighted by Crippen LogP contribution is -2.47. The van der Waals surface area contributed by atoms with Gasteiger partial charge in [-0.1, -0.05) is 18.2 Å². The van der Waals surface area contributed by atoms with E-state index in [0.29, 0.717) is 12.0 Å². The Labute approximate surface area is 102 Å². The zero-order chi connectivity index (χ0) is 12.3. The highest BCUT2D eigenvalue weighted by Gasteiger charge is 2.23. The van der Waals surface area contributed by atoms with E-state index >= 15 is 0 Å². The average Bonchev–Trinajstić information content (AvgIpc) is 2.23. The molecule has 1 heterocycles. The lowest BCUT2D eigenvalue weighted by molar-refractivity contribution is 0.398. The number of benzene rings is 1. The number of sulfone groups is 1. The van der Waals surface area contributed by atoms with Crippen molar-refractivity contribution in [3.63, 3.8) is 0 Å². The van der Waals surface area contributed by atoms with Gasteiger partial charge in [0.15, 0.2) is 9.84 Å². The maximum Gasteiger partial charge on any atom is 0.152 e. The van der Waals surface area contributed by atoms with Gasteiger partial charge < -0.3 is 10.4 Å². The van der Waals surface area contributed by atoms with Crippen LogP contribution in [0.4, 0.5) is 0 Å². The molecule has 1 unspecified atom stereocenters. The molecule has 1 aliphatic rings. The van der Waals surface area contributed by atoms with Crippen LogP contribution in [-0.4, -0.2) is 37.6 Å². The Hall–Kier alpha value is -1.07. The maximum atomic E-state index is 11.8. The fraction of sp³-hybridized carbons (Fsp3) is 0.500. The van der Waals surface area contributed by atoms with Gasteiger partial charge in [-0.2, -0.15) is 0 Å². The topological polar surface area (TPSA) is 66.4 Å². The molecule has 1 aliphatic heterocycles. The van der Waals surface area contributed by atoms with E-state index < -0.39 is 9.84 Å². The molecule has 1 fully saturated rings. The Balaban J connectivity index is 1.90. The standard InChI is InChI=1S/C12H17NO3S/c14-12-4-2-1-3-10(12)6-8-17(15,16)9-11-5-7-13-11/h1-4,11,13-14H,5-9H2. The third-order valence-electron chi connectivity index (χ3n) is 3.05. The molecule has 0 spiro atoms. The van der Waals surface area contributed by atoms with Crippen LogP contribution in [0.15, 0.2) is 24.3 Å². The Morgan fingerprint density at radius 2 is 2.06 bits per heavy atom. The van der Waals surface area contributed by atoms with Crippen LogP contribution < -0.4 is 5.32 Å². The summed E-state index contributed by atoms with van der Waals surface area (Å²) in [4.78, 5) is 0. The van der Waals surface area contributed by atoms with E-state index in [0.717, 1.165) is 13.0 Å². The van der Waals surface area contributed by atoms with Gasteiger partial charge in [0, 0.05) is 6.04 Å². The van der Waals surface area contributed by atoms with E-state index in [-0.39, 0.29) is 23.3 Å². The van der Waals surface area contributed by atoms with Gasteiger partial charge >= 0.3 is 0 Å². The highest BCUT2D eigenvalue weighted by Crippen LogP contribution is 2.17. The molecule has 5 heteroatoms. The summed E-state index contributed by atoms with van der Waals surface area (Å²) in [7, 11) is -3.03. The van der Waals surface area contributed by atoms with Crippen LogP contribution in [-0.2, 0) is 16.3 Å². The van der Waals surface area contributed by atoms with Crippen LogP contribution in [0, 0.1) is 0 Å². The molecule has 94 valence electrons. The Kier molecular flexibility index (Phi) is 3.69. The molecule has 2 rings (SSSR count). The highest BCUT2D eigenvalue weighted by atomic mass is 32.2. The van der Waals surface area contributed by atoms with Crippen molar-refractivity contribution in [1.82, 2.24) is 5.32 Å². The van der Waals surface area contributed by atoms with Gasteiger partial charge in [0.1, 0.15) is 5.75 Å².